The van der Waals surface area contributed by atoms with Gasteiger partial charge in [-0.1, -0.05) is 53.7 Å². The minimum atomic E-state index is -0.672. The van der Waals surface area contributed by atoms with Gasteiger partial charge in [-0.2, -0.15) is 0 Å². The van der Waals surface area contributed by atoms with E-state index < -0.39 is 23.3 Å². The zero-order valence-electron chi connectivity index (χ0n) is 47.5. The lowest BCUT2D eigenvalue weighted by atomic mass is 9.81. The topological polar surface area (TPSA) is 265 Å². The van der Waals surface area contributed by atoms with Crippen molar-refractivity contribution in [2.45, 2.75) is 92.9 Å². The number of ketones is 2. The predicted molar refractivity (Wildman–Crippen MR) is 333 cm³/mol. The Hall–Kier alpha value is -6.88. The minimum Gasteiger partial charge on any atom is -0.506 e. The second-order valence-electron chi connectivity index (χ2n) is 21.2. The van der Waals surface area contributed by atoms with Crippen LogP contribution >= 0.6 is 36.5 Å². The van der Waals surface area contributed by atoms with E-state index in [4.69, 9.17) is 18.8 Å². The zero-order valence-corrected chi connectivity index (χ0v) is 51.8. The smallest absolute Gasteiger partial charge is 0.257 e. The Morgan fingerprint density at radius 3 is 1.56 bits per heavy atom. The van der Waals surface area contributed by atoms with Gasteiger partial charge in [0, 0.05) is 52.8 Å². The molecule has 420 valence electrons. The Labute approximate surface area is 476 Å². The fraction of sp³-hybridized carbons (Fsp3) is 0.267. The summed E-state index contributed by atoms with van der Waals surface area (Å²) in [6.07, 6.45) is 1.80. The van der Waals surface area contributed by atoms with E-state index in [0.29, 0.717) is 44.7 Å². The van der Waals surface area contributed by atoms with Crippen LogP contribution in [0.4, 0.5) is 22.7 Å². The molecule has 0 aliphatic rings. The van der Waals surface area contributed by atoms with Crippen molar-refractivity contribution in [1.82, 2.24) is 9.97 Å². The number of amides is 2. The third kappa shape index (κ3) is 13.8. The number of hydrogen-bond donors (Lipinski definition) is 6. The molecule has 0 spiro atoms. The Bertz CT molecular complexity index is 3710. The lowest BCUT2D eigenvalue weighted by Gasteiger charge is -2.23. The van der Waals surface area contributed by atoms with Gasteiger partial charge in [-0.3, -0.25) is 19.2 Å². The van der Waals surface area contributed by atoms with Gasteiger partial charge in [0.1, 0.15) is 22.5 Å². The van der Waals surface area contributed by atoms with E-state index in [0.717, 1.165) is 54.2 Å². The van der Waals surface area contributed by atoms with Gasteiger partial charge < -0.3 is 56.0 Å². The summed E-state index contributed by atoms with van der Waals surface area (Å²) in [5, 5.41) is 26.6. The van der Waals surface area contributed by atoms with Gasteiger partial charge in [0.05, 0.1) is 41.4 Å². The van der Waals surface area contributed by atoms with Crippen molar-refractivity contribution < 1.29 is 49.7 Å². The van der Waals surface area contributed by atoms with Crippen LogP contribution in [0.1, 0.15) is 130 Å². The number of anilines is 2. The molecular formula is C60H72N8O8P4. The first-order valence-corrected chi connectivity index (χ1v) is 27.1. The molecule has 20 heteroatoms. The minimum absolute atomic E-state index is 0. The molecule has 8 aromatic rings. The quantitative estimate of drug-likeness (QED) is 0.0197. The Morgan fingerprint density at radius 1 is 0.575 bits per heavy atom. The molecule has 0 bridgehead atoms. The number of nitrogens with zero attached hydrogens (tertiary/aromatic N) is 4. The number of fused-ring (bicyclic) bond motifs is 2. The number of hydrogen-bond acceptors (Lipinski definition) is 12. The predicted octanol–water partition coefficient (Wildman–Crippen LogP) is 11.9. The van der Waals surface area contributed by atoms with Crippen molar-refractivity contribution in [2.24, 2.45) is 9.49 Å². The number of phenolic OH excluding ortho intramolecular Hbond substituents is 2. The van der Waals surface area contributed by atoms with E-state index in [2.05, 4.69) is 148 Å². The van der Waals surface area contributed by atoms with Gasteiger partial charge in [-0.05, 0) is 149 Å². The summed E-state index contributed by atoms with van der Waals surface area (Å²) in [5.74, 6) is -1.44. The van der Waals surface area contributed by atoms with Gasteiger partial charge in [0.25, 0.3) is 11.8 Å². The maximum Gasteiger partial charge on any atom is 0.257 e. The monoisotopic (exact) mass is 1160 g/mol. The average molecular weight is 1160 g/mol. The van der Waals surface area contributed by atoms with Crippen molar-refractivity contribution in [3.8, 4) is 34.4 Å². The van der Waals surface area contributed by atoms with E-state index in [1.54, 1.807) is 0 Å². The number of aromatic hydroxyl groups is 2. The molecule has 6 aromatic carbocycles. The largest absolute Gasteiger partial charge is 0.506 e. The maximum absolute atomic E-state index is 13.0. The molecule has 80 heavy (non-hydrogen) atoms. The van der Waals surface area contributed by atoms with Crippen LogP contribution in [0.15, 0.2) is 91.1 Å². The molecule has 2 heterocycles. The number of aromatic nitrogens is 2. The zero-order chi connectivity index (χ0) is 57.3. The Kier molecular flexibility index (Phi) is 20.5. The van der Waals surface area contributed by atoms with Crippen LogP contribution in [0, 0.1) is 28.7 Å². The highest BCUT2D eigenvalue weighted by molar-refractivity contribution is 7.28. The molecule has 0 saturated heterocycles. The summed E-state index contributed by atoms with van der Waals surface area (Å²) < 4.78 is 20.5. The third-order valence-electron chi connectivity index (χ3n) is 13.2. The van der Waals surface area contributed by atoms with Gasteiger partial charge in [-0.25, -0.2) is 19.5 Å². The molecule has 0 saturated carbocycles. The third-order valence-corrected chi connectivity index (χ3v) is 14.7. The van der Waals surface area contributed by atoms with E-state index >= 15 is 0 Å². The number of carbonyl (C=O) groups is 4. The number of carbonyl (C=O) groups excluding carboxylic acids is 4. The highest BCUT2D eigenvalue weighted by Gasteiger charge is 2.27. The van der Waals surface area contributed by atoms with Crippen LogP contribution < -0.4 is 32.7 Å². The molecule has 0 radical (unpaired) electrons. The summed E-state index contributed by atoms with van der Waals surface area (Å²) in [5.41, 5.74) is 21.8. The number of Topliss-reactive ketones (excluding diaryl/α,β-unsaturated/α-hetero) is 2. The second-order valence-corrected chi connectivity index (χ2v) is 22.9. The molecule has 2 aromatic heterocycles. The molecule has 16 nitrogen and oxygen atoms in total. The van der Waals surface area contributed by atoms with Gasteiger partial charge in [0.2, 0.25) is 11.8 Å². The van der Waals surface area contributed by atoms with Crippen LogP contribution in [-0.4, -0.2) is 56.7 Å². The maximum atomic E-state index is 13.0. The summed E-state index contributed by atoms with van der Waals surface area (Å²) in [6.45, 7) is 22.2. The van der Waals surface area contributed by atoms with Gasteiger partial charge >= 0.3 is 0 Å². The van der Waals surface area contributed by atoms with Crippen LogP contribution in [0.5, 0.6) is 11.5 Å². The van der Waals surface area contributed by atoms with Crippen LogP contribution in [0.25, 0.3) is 45.1 Å². The molecule has 2 atom stereocenters. The van der Waals surface area contributed by atoms with Crippen molar-refractivity contribution in [2.75, 3.05) is 23.7 Å². The summed E-state index contributed by atoms with van der Waals surface area (Å²) in [4.78, 5) is 59.6. The van der Waals surface area contributed by atoms with Crippen LogP contribution in [0.2, 0.25) is 0 Å². The number of oxazole rings is 2. The number of benzene rings is 6. The van der Waals surface area contributed by atoms with Crippen molar-refractivity contribution >= 4 is 115 Å². The highest BCUT2D eigenvalue weighted by Crippen LogP contribution is 2.40. The first-order valence-electron chi connectivity index (χ1n) is 25.1. The molecule has 2 amide bonds. The number of phenols is 2. The van der Waals surface area contributed by atoms with Crippen LogP contribution in [0.3, 0.4) is 0 Å². The first-order chi connectivity index (χ1) is 36.7. The normalized spacial score (nSPS) is 11.3. The number of rotatable bonds is 14. The van der Waals surface area contributed by atoms with E-state index in [1.807, 2.05) is 12.1 Å². The summed E-state index contributed by atoms with van der Waals surface area (Å²) in [7, 11) is 10.7. The molecular weight excluding hydrogens is 1080 g/mol. The lowest BCUT2D eigenvalue weighted by molar-refractivity contribution is -0.367. The molecule has 0 aliphatic carbocycles. The number of nitrogens with one attached hydrogen (secondary N) is 2. The van der Waals surface area contributed by atoms with E-state index in [9.17, 15) is 29.4 Å². The van der Waals surface area contributed by atoms with Gasteiger partial charge in [-0.15, -0.1) is 18.5 Å². The van der Waals surface area contributed by atoms with E-state index in [-0.39, 0.29) is 71.1 Å². The Balaban J connectivity index is 0.000000287. The molecule has 0 fully saturated rings. The summed E-state index contributed by atoms with van der Waals surface area (Å²) in [6, 6.07) is 20.9. The fourth-order valence-corrected chi connectivity index (χ4v) is 10.5. The first kappa shape index (κ1) is 63.9. The van der Waals surface area contributed by atoms with Crippen molar-refractivity contribution in [1.29, 1.82) is 0 Å². The SMILES string of the molecule is CC(=O)c1cc(N=P)c(C(=O)Nc2cc(NC(=O)c3cc(N=P)c(C(C)=O)cc3P)c(O)cc2O)cc1P.Cc1cc(C(C)(C)C)c(-c2nc3cc4nc(-c5cc(C(C)(C)C)c(C)cc5CC[NH3+])oc4cc3o2)cc1CC[NH3+].[CH3-].[CH3-]. The molecule has 0 aliphatic heterocycles. The second kappa shape index (κ2) is 25.7. The van der Waals surface area contributed by atoms with Gasteiger partial charge in [0.15, 0.2) is 22.7 Å². The molecule has 8 rings (SSSR count). The van der Waals surface area contributed by atoms with Crippen molar-refractivity contribution in [3.05, 3.63) is 143 Å². The summed E-state index contributed by atoms with van der Waals surface area (Å²) >= 11 is 0. The van der Waals surface area contributed by atoms with Crippen molar-refractivity contribution in [3.63, 3.8) is 0 Å². The lowest BCUT2D eigenvalue weighted by Crippen LogP contribution is -2.51. The standard InChI is InChI=1S/C34H42N4O2.C24H22N4O6P4.2CH3/c1-19-14-26(34(6,7)8)24(15-21(19)9-11-35)32-38-28-17-27-29(18-30(28)40-32)39-31(37-27)23-16-25(33(3,4)5)20(2)13-22(23)10-12-36;1-9(29)11-5-22(36)14(4-15(11)27-37)24(34)26-18-7-17(19(31)8-20(18)32)25-23(33)13-6-21(35)12(10(2)30)3-16(13)28-38;;/h13-18H,9-12,35-36H2,1-8H3;3-8,31-32,37-38H,35-36H2,1-2H3,(H,25,33)(H,26,34);2*1H3/q;;2*-1/p+2. The molecule has 10 N–H and O–H groups in total. The number of aryl methyl sites for hydroxylation is 2. The Morgan fingerprint density at radius 2 is 1.05 bits per heavy atom. The molecule has 2 unspecified atom stereocenters. The fourth-order valence-electron chi connectivity index (χ4n) is 9.28. The average Bonchev–Trinajstić information content (AvgIpc) is 4.00. The van der Waals surface area contributed by atoms with E-state index in [1.165, 1.54) is 77.6 Å². The van der Waals surface area contributed by atoms with Crippen LogP contribution in [-0.2, 0) is 23.7 Å². The number of quaternary nitrogens is 2. The highest BCUT2D eigenvalue weighted by atomic mass is 31.0.